The number of para-hydroxylation sites is 1. The largest absolute Gasteiger partial charge is 0.365 e. The number of nitrogens with two attached hydrogens (primary N) is 1. The van der Waals surface area contributed by atoms with Crippen molar-refractivity contribution < 1.29 is 14.5 Å². The van der Waals surface area contributed by atoms with E-state index in [9.17, 15) is 19.7 Å². The molecule has 0 bridgehead atoms. The van der Waals surface area contributed by atoms with Crippen molar-refractivity contribution in [3.63, 3.8) is 0 Å². The van der Waals surface area contributed by atoms with Crippen LogP contribution in [0.1, 0.15) is 58.3 Å². The number of nitro groups is 1. The third-order valence-electron chi connectivity index (χ3n) is 5.31. The third-order valence-corrected chi connectivity index (χ3v) is 6.48. The van der Waals surface area contributed by atoms with E-state index in [0.29, 0.717) is 16.5 Å². The minimum absolute atomic E-state index is 0.0538. The van der Waals surface area contributed by atoms with Gasteiger partial charge in [-0.25, -0.2) is 0 Å². The Morgan fingerprint density at radius 2 is 1.96 bits per heavy atom. The first-order valence-corrected chi connectivity index (χ1v) is 9.90. The van der Waals surface area contributed by atoms with E-state index in [1.54, 1.807) is 6.07 Å². The van der Waals surface area contributed by atoms with Crippen LogP contribution >= 0.6 is 11.3 Å². The Morgan fingerprint density at radius 1 is 1.29 bits per heavy atom. The molecule has 0 spiro atoms. The monoisotopic (exact) mass is 401 g/mol. The van der Waals surface area contributed by atoms with Gasteiger partial charge in [0, 0.05) is 10.9 Å². The minimum Gasteiger partial charge on any atom is -0.365 e. The summed E-state index contributed by atoms with van der Waals surface area (Å²) in [5.41, 5.74) is 6.64. The van der Waals surface area contributed by atoms with Gasteiger partial charge in [0.1, 0.15) is 10.6 Å². The number of anilines is 1. The molecular formula is C20H23N3O4S. The van der Waals surface area contributed by atoms with Crippen LogP contribution in [0.25, 0.3) is 0 Å². The second-order valence-electron chi connectivity index (χ2n) is 8.11. The van der Waals surface area contributed by atoms with Gasteiger partial charge in [0.2, 0.25) is 0 Å². The number of nitro benzene ring substituents is 1. The molecule has 3 rings (SSSR count). The molecule has 1 aromatic carbocycles. The lowest BCUT2D eigenvalue weighted by Crippen LogP contribution is -2.27. The van der Waals surface area contributed by atoms with Crippen LogP contribution in [0.2, 0.25) is 0 Å². The number of carbonyl (C=O) groups excluding carboxylic acids is 2. The van der Waals surface area contributed by atoms with Crippen LogP contribution in [-0.2, 0) is 12.8 Å². The summed E-state index contributed by atoms with van der Waals surface area (Å²) in [5, 5.41) is 14.3. The van der Waals surface area contributed by atoms with Crippen LogP contribution in [0, 0.1) is 21.4 Å². The van der Waals surface area contributed by atoms with Crippen LogP contribution in [0.15, 0.2) is 24.3 Å². The SMILES string of the molecule is CC(C)(C)[C@H]1CCc2c(sc(NC(=O)c3ccccc3[N+](=O)[O-])c2C(N)=O)C1. The highest BCUT2D eigenvalue weighted by atomic mass is 32.1. The number of fused-ring (bicyclic) bond motifs is 1. The lowest BCUT2D eigenvalue weighted by Gasteiger charge is -2.33. The van der Waals surface area contributed by atoms with Gasteiger partial charge in [0.05, 0.1) is 10.5 Å². The molecule has 2 amide bonds. The van der Waals surface area contributed by atoms with Gasteiger partial charge in [0.15, 0.2) is 0 Å². The molecular weight excluding hydrogens is 378 g/mol. The van der Waals surface area contributed by atoms with Crippen LogP contribution in [-0.4, -0.2) is 16.7 Å². The molecule has 1 heterocycles. The number of thiophene rings is 1. The molecule has 0 aliphatic heterocycles. The highest BCUT2D eigenvalue weighted by Crippen LogP contribution is 2.44. The van der Waals surface area contributed by atoms with Crippen molar-refractivity contribution in [2.24, 2.45) is 17.1 Å². The van der Waals surface area contributed by atoms with Gasteiger partial charge in [-0.15, -0.1) is 11.3 Å². The predicted molar refractivity (Wildman–Crippen MR) is 109 cm³/mol. The van der Waals surface area contributed by atoms with E-state index < -0.39 is 16.7 Å². The zero-order chi connectivity index (χ0) is 20.6. The Labute approximate surface area is 167 Å². The molecule has 148 valence electrons. The van der Waals surface area contributed by atoms with Gasteiger partial charge < -0.3 is 11.1 Å². The van der Waals surface area contributed by atoms with Crippen molar-refractivity contribution in [1.82, 2.24) is 0 Å². The van der Waals surface area contributed by atoms with Crippen LogP contribution < -0.4 is 11.1 Å². The fourth-order valence-electron chi connectivity index (χ4n) is 3.67. The maximum absolute atomic E-state index is 12.7. The van der Waals surface area contributed by atoms with E-state index in [1.807, 2.05) is 0 Å². The Hall–Kier alpha value is -2.74. The molecule has 1 atom stereocenters. The normalized spacial score (nSPS) is 16.3. The maximum atomic E-state index is 12.7. The highest BCUT2D eigenvalue weighted by Gasteiger charge is 2.34. The molecule has 1 aliphatic rings. The van der Waals surface area contributed by atoms with E-state index in [-0.39, 0.29) is 16.7 Å². The molecule has 1 aliphatic carbocycles. The average Bonchev–Trinajstić information content (AvgIpc) is 2.97. The summed E-state index contributed by atoms with van der Waals surface area (Å²) in [7, 11) is 0. The van der Waals surface area contributed by atoms with Gasteiger partial charge in [-0.05, 0) is 42.2 Å². The number of amides is 2. The topological polar surface area (TPSA) is 115 Å². The summed E-state index contributed by atoms with van der Waals surface area (Å²) >= 11 is 1.34. The first-order valence-electron chi connectivity index (χ1n) is 9.08. The van der Waals surface area contributed by atoms with Gasteiger partial charge in [0.25, 0.3) is 17.5 Å². The summed E-state index contributed by atoms with van der Waals surface area (Å²) in [4.78, 5) is 36.4. The number of nitrogens with one attached hydrogen (secondary N) is 1. The summed E-state index contributed by atoms with van der Waals surface area (Å²) in [6, 6.07) is 5.72. The van der Waals surface area contributed by atoms with Crippen LogP contribution in [0.5, 0.6) is 0 Å². The number of hydrogen-bond acceptors (Lipinski definition) is 5. The molecule has 7 nitrogen and oxygen atoms in total. The number of primary amides is 1. The van der Waals surface area contributed by atoms with Crippen molar-refractivity contribution in [3.05, 3.63) is 55.9 Å². The highest BCUT2D eigenvalue weighted by molar-refractivity contribution is 7.17. The molecule has 2 aromatic rings. The first-order chi connectivity index (χ1) is 13.1. The lowest BCUT2D eigenvalue weighted by molar-refractivity contribution is -0.385. The molecule has 0 fully saturated rings. The number of benzene rings is 1. The van der Waals surface area contributed by atoms with E-state index in [1.165, 1.54) is 29.5 Å². The van der Waals surface area contributed by atoms with Gasteiger partial charge >= 0.3 is 0 Å². The van der Waals surface area contributed by atoms with Gasteiger partial charge in [-0.1, -0.05) is 32.9 Å². The summed E-state index contributed by atoms with van der Waals surface area (Å²) in [5.74, 6) is -0.747. The zero-order valence-electron chi connectivity index (χ0n) is 16.1. The molecule has 28 heavy (non-hydrogen) atoms. The van der Waals surface area contributed by atoms with E-state index >= 15 is 0 Å². The average molecular weight is 401 g/mol. The van der Waals surface area contributed by atoms with E-state index in [4.69, 9.17) is 5.73 Å². The van der Waals surface area contributed by atoms with E-state index in [2.05, 4.69) is 26.1 Å². The Kier molecular flexibility index (Phi) is 5.25. The quantitative estimate of drug-likeness (QED) is 0.591. The summed E-state index contributed by atoms with van der Waals surface area (Å²) in [6.07, 6.45) is 2.50. The van der Waals surface area contributed by atoms with Gasteiger partial charge in [-0.2, -0.15) is 0 Å². The molecule has 0 saturated carbocycles. The lowest BCUT2D eigenvalue weighted by atomic mass is 9.72. The number of rotatable bonds is 4. The summed E-state index contributed by atoms with van der Waals surface area (Å²) < 4.78 is 0. The Bertz CT molecular complexity index is 959. The third kappa shape index (κ3) is 3.77. The second kappa shape index (κ2) is 7.35. The Morgan fingerprint density at radius 3 is 2.57 bits per heavy atom. The van der Waals surface area contributed by atoms with E-state index in [0.717, 1.165) is 29.7 Å². The maximum Gasteiger partial charge on any atom is 0.282 e. The fraction of sp³-hybridized carbons (Fsp3) is 0.400. The molecule has 8 heteroatoms. The molecule has 1 aromatic heterocycles. The smallest absolute Gasteiger partial charge is 0.282 e. The van der Waals surface area contributed by atoms with Crippen LogP contribution in [0.3, 0.4) is 0 Å². The van der Waals surface area contributed by atoms with Crippen molar-refractivity contribution in [3.8, 4) is 0 Å². The predicted octanol–water partition coefficient (Wildman–Crippen LogP) is 4.16. The van der Waals surface area contributed by atoms with Crippen molar-refractivity contribution in [1.29, 1.82) is 0 Å². The van der Waals surface area contributed by atoms with Crippen LogP contribution in [0.4, 0.5) is 10.7 Å². The minimum atomic E-state index is -0.624. The molecule has 0 saturated heterocycles. The molecule has 0 radical (unpaired) electrons. The number of nitrogens with zero attached hydrogens (tertiary/aromatic N) is 1. The number of hydrogen-bond donors (Lipinski definition) is 2. The van der Waals surface area contributed by atoms with Gasteiger partial charge in [-0.3, -0.25) is 19.7 Å². The Balaban J connectivity index is 1.96. The fourth-order valence-corrected chi connectivity index (χ4v) is 5.00. The molecule has 0 unspecified atom stereocenters. The zero-order valence-corrected chi connectivity index (χ0v) is 16.9. The summed E-state index contributed by atoms with van der Waals surface area (Å²) in [6.45, 7) is 6.59. The van der Waals surface area contributed by atoms with Crippen molar-refractivity contribution >= 4 is 33.8 Å². The first kappa shape index (κ1) is 20.0. The molecule has 3 N–H and O–H groups in total. The van der Waals surface area contributed by atoms with Crippen molar-refractivity contribution in [2.45, 2.75) is 40.0 Å². The van der Waals surface area contributed by atoms with Crippen molar-refractivity contribution in [2.75, 3.05) is 5.32 Å². The standard InChI is InChI=1S/C20H23N3O4S/c1-20(2,3)11-8-9-13-15(10-11)28-19(16(13)17(21)24)22-18(25)12-6-4-5-7-14(12)23(26)27/h4-7,11H,8-10H2,1-3H3,(H2,21,24)(H,22,25)/t11-/m0/s1. The second-order valence-corrected chi connectivity index (χ2v) is 9.21. The number of carbonyl (C=O) groups is 2.